The molecule has 1 unspecified atom stereocenters. The van der Waals surface area contributed by atoms with Crippen molar-refractivity contribution in [2.75, 3.05) is 11.5 Å². The van der Waals surface area contributed by atoms with Crippen molar-refractivity contribution in [3.8, 4) is 0 Å². The molecule has 1 fully saturated rings. The second-order valence-corrected chi connectivity index (χ2v) is 6.48. The number of aryl methyl sites for hydroxylation is 1. The van der Waals surface area contributed by atoms with Gasteiger partial charge in [-0.25, -0.2) is 4.79 Å². The maximum absolute atomic E-state index is 12.2. The van der Waals surface area contributed by atoms with E-state index in [1.54, 1.807) is 17.8 Å². The minimum absolute atomic E-state index is 0.254. The highest BCUT2D eigenvalue weighted by Gasteiger charge is 2.43. The van der Waals surface area contributed by atoms with Gasteiger partial charge in [0.05, 0.1) is 0 Å². The van der Waals surface area contributed by atoms with Crippen LogP contribution in [0.5, 0.6) is 0 Å². The van der Waals surface area contributed by atoms with E-state index in [9.17, 15) is 14.7 Å². The first-order valence-electron chi connectivity index (χ1n) is 6.53. The number of carboxylic acid groups (broad SMARTS) is 1. The van der Waals surface area contributed by atoms with Gasteiger partial charge in [0.2, 0.25) is 0 Å². The minimum atomic E-state index is -1.16. The van der Waals surface area contributed by atoms with Gasteiger partial charge < -0.3 is 10.4 Å². The molecule has 1 aromatic heterocycles. The van der Waals surface area contributed by atoms with E-state index < -0.39 is 17.4 Å². The molecule has 1 aromatic rings. The van der Waals surface area contributed by atoms with Crippen LogP contribution in [0.3, 0.4) is 0 Å². The second kappa shape index (κ2) is 5.47. The molecular formula is C13H19N3O3S. The van der Waals surface area contributed by atoms with Crippen LogP contribution < -0.4 is 5.32 Å². The fraction of sp³-hybridized carbons (Fsp3) is 0.615. The van der Waals surface area contributed by atoms with Crippen LogP contribution in [0.15, 0.2) is 6.07 Å². The molecule has 0 aromatic carbocycles. The van der Waals surface area contributed by atoms with Gasteiger partial charge in [-0.05, 0) is 24.2 Å². The van der Waals surface area contributed by atoms with Gasteiger partial charge in [-0.15, -0.1) is 0 Å². The van der Waals surface area contributed by atoms with Gasteiger partial charge in [0, 0.05) is 18.5 Å². The maximum Gasteiger partial charge on any atom is 0.330 e. The molecule has 20 heavy (non-hydrogen) atoms. The van der Waals surface area contributed by atoms with Crippen molar-refractivity contribution in [1.29, 1.82) is 0 Å². The van der Waals surface area contributed by atoms with Gasteiger partial charge in [-0.3, -0.25) is 9.48 Å². The van der Waals surface area contributed by atoms with Crippen molar-refractivity contribution in [2.24, 2.45) is 7.05 Å². The summed E-state index contributed by atoms with van der Waals surface area (Å²) < 4.78 is 1.66. The van der Waals surface area contributed by atoms with Gasteiger partial charge in [0.1, 0.15) is 11.2 Å². The summed E-state index contributed by atoms with van der Waals surface area (Å²) in [5, 5.41) is 16.2. The summed E-state index contributed by atoms with van der Waals surface area (Å²) in [5.41, 5.74) is 0.0612. The predicted octanol–water partition coefficient (Wildman–Crippen LogP) is 1.23. The molecule has 1 aliphatic rings. The SMILES string of the molecule is CC(C)c1cc(C(=O)NC2(C(=O)O)CCSC2)nn1C. The molecular weight excluding hydrogens is 278 g/mol. The normalized spacial score (nSPS) is 22.2. The molecule has 2 N–H and O–H groups in total. The zero-order valence-electron chi connectivity index (χ0n) is 11.8. The molecule has 7 heteroatoms. The first-order chi connectivity index (χ1) is 9.35. The van der Waals surface area contributed by atoms with Crippen LogP contribution in [0, 0.1) is 0 Å². The molecule has 0 radical (unpaired) electrons. The number of carbonyl (C=O) groups excluding carboxylic acids is 1. The summed E-state index contributed by atoms with van der Waals surface area (Å²) in [6.45, 7) is 4.04. The Bertz CT molecular complexity index is 533. The number of hydrogen-bond donors (Lipinski definition) is 2. The van der Waals surface area contributed by atoms with E-state index in [0.29, 0.717) is 12.2 Å². The molecule has 2 heterocycles. The lowest BCUT2D eigenvalue weighted by Crippen LogP contribution is -2.54. The lowest BCUT2D eigenvalue weighted by molar-refractivity contribution is -0.143. The quantitative estimate of drug-likeness (QED) is 0.873. The Morgan fingerprint density at radius 1 is 1.55 bits per heavy atom. The fourth-order valence-corrected chi connectivity index (χ4v) is 3.63. The van der Waals surface area contributed by atoms with Crippen LogP contribution >= 0.6 is 11.8 Å². The Balaban J connectivity index is 2.19. The number of hydrogen-bond acceptors (Lipinski definition) is 4. The number of thioether (sulfide) groups is 1. The topological polar surface area (TPSA) is 84.2 Å². The van der Waals surface area contributed by atoms with Crippen molar-refractivity contribution in [3.05, 3.63) is 17.5 Å². The summed E-state index contributed by atoms with van der Waals surface area (Å²) >= 11 is 1.54. The summed E-state index contributed by atoms with van der Waals surface area (Å²) in [4.78, 5) is 23.7. The van der Waals surface area contributed by atoms with Crippen molar-refractivity contribution in [3.63, 3.8) is 0 Å². The Hall–Kier alpha value is -1.50. The van der Waals surface area contributed by atoms with E-state index in [2.05, 4.69) is 10.4 Å². The number of aromatic nitrogens is 2. The van der Waals surface area contributed by atoms with Gasteiger partial charge in [0.15, 0.2) is 0 Å². The zero-order chi connectivity index (χ0) is 14.9. The molecule has 1 saturated heterocycles. The summed E-state index contributed by atoms with van der Waals surface area (Å²) in [6.07, 6.45) is 0.447. The van der Waals surface area contributed by atoms with Gasteiger partial charge in [0.25, 0.3) is 5.91 Å². The molecule has 1 aliphatic heterocycles. The maximum atomic E-state index is 12.2. The van der Waals surface area contributed by atoms with Crippen molar-refractivity contribution in [2.45, 2.75) is 31.7 Å². The Morgan fingerprint density at radius 2 is 2.25 bits per heavy atom. The molecule has 1 atom stereocenters. The van der Waals surface area contributed by atoms with Crippen LogP contribution in [0.2, 0.25) is 0 Å². The molecule has 0 spiro atoms. The number of nitrogens with one attached hydrogen (secondary N) is 1. The molecule has 2 rings (SSSR count). The smallest absolute Gasteiger partial charge is 0.330 e. The summed E-state index contributed by atoms with van der Waals surface area (Å²) in [6, 6.07) is 1.72. The van der Waals surface area contributed by atoms with Crippen molar-refractivity contribution >= 4 is 23.6 Å². The summed E-state index contributed by atoms with van der Waals surface area (Å²) in [7, 11) is 1.78. The van der Waals surface area contributed by atoms with E-state index in [1.165, 1.54) is 11.8 Å². The molecule has 1 amide bonds. The third-order valence-corrected chi connectivity index (χ3v) is 4.71. The monoisotopic (exact) mass is 297 g/mol. The number of carboxylic acids is 1. The molecule has 0 bridgehead atoms. The van der Waals surface area contributed by atoms with E-state index in [-0.39, 0.29) is 11.6 Å². The Kier molecular flexibility index (Phi) is 4.08. The van der Waals surface area contributed by atoms with E-state index >= 15 is 0 Å². The van der Waals surface area contributed by atoms with Gasteiger partial charge in [-0.2, -0.15) is 16.9 Å². The number of carbonyl (C=O) groups is 2. The standard InChI is InChI=1S/C13H19N3O3S/c1-8(2)10-6-9(15-16(10)3)11(17)14-13(12(18)19)4-5-20-7-13/h6,8H,4-5,7H2,1-3H3,(H,14,17)(H,18,19). The molecule has 6 nitrogen and oxygen atoms in total. The van der Waals surface area contributed by atoms with Gasteiger partial charge in [-0.1, -0.05) is 13.8 Å². The summed E-state index contributed by atoms with van der Waals surface area (Å²) in [5.74, 6) is 0.00190. The third-order valence-electron chi connectivity index (χ3n) is 3.52. The Morgan fingerprint density at radius 3 is 2.70 bits per heavy atom. The first kappa shape index (κ1) is 14.9. The fourth-order valence-electron chi connectivity index (χ4n) is 2.30. The van der Waals surface area contributed by atoms with E-state index in [4.69, 9.17) is 0 Å². The Labute approximate surface area is 121 Å². The molecule has 0 saturated carbocycles. The highest BCUT2D eigenvalue weighted by atomic mass is 32.2. The van der Waals surface area contributed by atoms with Crippen LogP contribution in [0.1, 0.15) is 42.4 Å². The second-order valence-electron chi connectivity index (χ2n) is 5.38. The third kappa shape index (κ3) is 2.67. The number of amides is 1. The largest absolute Gasteiger partial charge is 0.479 e. The zero-order valence-corrected chi connectivity index (χ0v) is 12.7. The van der Waals surface area contributed by atoms with Crippen LogP contribution in [-0.2, 0) is 11.8 Å². The minimum Gasteiger partial charge on any atom is -0.479 e. The van der Waals surface area contributed by atoms with Crippen molar-refractivity contribution in [1.82, 2.24) is 15.1 Å². The highest BCUT2D eigenvalue weighted by Crippen LogP contribution is 2.28. The lowest BCUT2D eigenvalue weighted by Gasteiger charge is -2.23. The van der Waals surface area contributed by atoms with E-state index in [0.717, 1.165) is 11.4 Å². The lowest BCUT2D eigenvalue weighted by atomic mass is 9.99. The predicted molar refractivity (Wildman–Crippen MR) is 77.1 cm³/mol. The molecule has 0 aliphatic carbocycles. The number of aliphatic carboxylic acids is 1. The van der Waals surface area contributed by atoms with Gasteiger partial charge >= 0.3 is 5.97 Å². The average molecular weight is 297 g/mol. The van der Waals surface area contributed by atoms with Crippen LogP contribution in [0.25, 0.3) is 0 Å². The number of rotatable bonds is 4. The average Bonchev–Trinajstić information content (AvgIpc) is 2.96. The molecule has 110 valence electrons. The van der Waals surface area contributed by atoms with Crippen molar-refractivity contribution < 1.29 is 14.7 Å². The highest BCUT2D eigenvalue weighted by molar-refractivity contribution is 7.99. The van der Waals surface area contributed by atoms with Crippen LogP contribution in [0.4, 0.5) is 0 Å². The van der Waals surface area contributed by atoms with Crippen LogP contribution in [-0.4, -0.2) is 43.8 Å². The van der Waals surface area contributed by atoms with E-state index in [1.807, 2.05) is 13.8 Å². The number of nitrogens with zero attached hydrogens (tertiary/aromatic N) is 2. The first-order valence-corrected chi connectivity index (χ1v) is 7.69.